The van der Waals surface area contributed by atoms with E-state index < -0.39 is 0 Å². The highest BCUT2D eigenvalue weighted by molar-refractivity contribution is 9.11. The summed E-state index contributed by atoms with van der Waals surface area (Å²) in [5, 5.41) is 18.7. The zero-order valence-corrected chi connectivity index (χ0v) is 14.5. The second-order valence-corrected chi connectivity index (χ2v) is 7.55. The number of anilines is 1. The van der Waals surface area contributed by atoms with Crippen LogP contribution in [-0.2, 0) is 13.5 Å². The average Bonchev–Trinajstić information content (AvgIpc) is 2.94. The van der Waals surface area contributed by atoms with Crippen molar-refractivity contribution >= 4 is 38.8 Å². The number of halogens is 1. The zero-order chi connectivity index (χ0) is 15.6. The topological polar surface area (TPSA) is 73.0 Å². The lowest BCUT2D eigenvalue weighted by Gasteiger charge is -2.05. The van der Waals surface area contributed by atoms with Crippen LogP contribution in [0.1, 0.15) is 30.3 Å². The van der Waals surface area contributed by atoms with E-state index in [0.717, 1.165) is 10.2 Å². The first-order valence-corrected chi connectivity index (χ1v) is 8.20. The van der Waals surface area contributed by atoms with Gasteiger partial charge in [-0.1, -0.05) is 13.8 Å². The van der Waals surface area contributed by atoms with Crippen molar-refractivity contribution in [2.45, 2.75) is 26.2 Å². The molecule has 0 aliphatic heterocycles. The molecule has 0 fully saturated rings. The number of aromatic nitrogens is 2. The second-order valence-electron chi connectivity index (χ2n) is 5.00. The first kappa shape index (κ1) is 16.0. The number of hydrogen-bond acceptors (Lipinski definition) is 5. The summed E-state index contributed by atoms with van der Waals surface area (Å²) in [5.74, 6) is 0.486. The Morgan fingerprint density at radius 3 is 2.76 bits per heavy atom. The van der Waals surface area contributed by atoms with Gasteiger partial charge in [-0.05, 0) is 34.5 Å². The van der Waals surface area contributed by atoms with Crippen molar-refractivity contribution in [2.75, 3.05) is 11.9 Å². The fraction of sp³-hybridized carbons (Fsp3) is 0.462. The van der Waals surface area contributed by atoms with E-state index >= 15 is 0 Å². The Labute approximate surface area is 135 Å². The van der Waals surface area contributed by atoms with Crippen molar-refractivity contribution in [1.29, 1.82) is 0 Å². The van der Waals surface area contributed by atoms with Crippen molar-refractivity contribution < 1.29 is 4.92 Å². The highest BCUT2D eigenvalue weighted by Gasteiger charge is 2.28. The Kier molecular flexibility index (Phi) is 5.00. The van der Waals surface area contributed by atoms with Gasteiger partial charge in [-0.2, -0.15) is 5.10 Å². The molecular formula is C13H17BrN4O2S. The molecule has 2 aromatic heterocycles. The summed E-state index contributed by atoms with van der Waals surface area (Å²) in [5.41, 5.74) is 0.601. The molecule has 114 valence electrons. The molecule has 0 aromatic carbocycles. The van der Waals surface area contributed by atoms with Gasteiger partial charge in [0.15, 0.2) is 0 Å². The van der Waals surface area contributed by atoms with Crippen LogP contribution in [0, 0.1) is 10.1 Å². The van der Waals surface area contributed by atoms with Gasteiger partial charge in [0.2, 0.25) is 5.82 Å². The van der Waals surface area contributed by atoms with Crippen molar-refractivity contribution in [1.82, 2.24) is 9.78 Å². The third kappa shape index (κ3) is 3.62. The molecule has 0 atom stereocenters. The minimum atomic E-state index is -0.355. The number of nitrogens with zero attached hydrogens (tertiary/aromatic N) is 3. The molecule has 8 heteroatoms. The molecule has 1 N–H and O–H groups in total. The summed E-state index contributed by atoms with van der Waals surface area (Å²) in [4.78, 5) is 12.2. The molecule has 0 spiro atoms. The molecule has 0 saturated heterocycles. The lowest BCUT2D eigenvalue weighted by atomic mass is 10.1. The van der Waals surface area contributed by atoms with E-state index in [-0.39, 0.29) is 16.5 Å². The molecule has 0 amide bonds. The van der Waals surface area contributed by atoms with Gasteiger partial charge in [0.1, 0.15) is 5.69 Å². The van der Waals surface area contributed by atoms with Gasteiger partial charge in [-0.3, -0.25) is 10.1 Å². The molecule has 0 radical (unpaired) electrons. The maximum absolute atomic E-state index is 11.3. The average molecular weight is 373 g/mol. The van der Waals surface area contributed by atoms with Crippen LogP contribution in [0.5, 0.6) is 0 Å². The Balaban J connectivity index is 2.13. The molecular weight excluding hydrogens is 356 g/mol. The summed E-state index contributed by atoms with van der Waals surface area (Å²) in [7, 11) is 1.73. The van der Waals surface area contributed by atoms with Crippen LogP contribution in [0.3, 0.4) is 0 Å². The van der Waals surface area contributed by atoms with E-state index in [9.17, 15) is 10.1 Å². The normalized spacial score (nSPS) is 11.1. The Bertz CT molecular complexity index is 651. The third-order valence-electron chi connectivity index (χ3n) is 3.07. The Hall–Kier alpha value is -1.41. The van der Waals surface area contributed by atoms with Crippen LogP contribution in [-0.4, -0.2) is 21.2 Å². The molecule has 2 heterocycles. The number of nitro groups is 1. The van der Waals surface area contributed by atoms with Crippen LogP contribution in [0.15, 0.2) is 15.9 Å². The van der Waals surface area contributed by atoms with Crippen LogP contribution in [0.25, 0.3) is 0 Å². The van der Waals surface area contributed by atoms with Crippen molar-refractivity contribution in [3.63, 3.8) is 0 Å². The number of aryl methyl sites for hydroxylation is 1. The highest BCUT2D eigenvalue weighted by Crippen LogP contribution is 2.32. The molecule has 0 aliphatic rings. The number of hydrogen-bond donors (Lipinski definition) is 1. The quantitative estimate of drug-likeness (QED) is 0.615. The third-order valence-corrected chi connectivity index (χ3v) is 4.75. The van der Waals surface area contributed by atoms with Gasteiger partial charge in [-0.15, -0.1) is 11.3 Å². The summed E-state index contributed by atoms with van der Waals surface area (Å²) in [6.07, 6.45) is 0.815. The lowest BCUT2D eigenvalue weighted by Crippen LogP contribution is -2.09. The van der Waals surface area contributed by atoms with Crippen molar-refractivity contribution in [2.24, 2.45) is 7.05 Å². The SMILES string of the molecule is CC(C)c1nn(C)c(NCCc2ccc(Br)s2)c1[N+](=O)[O-]. The molecule has 21 heavy (non-hydrogen) atoms. The van der Waals surface area contributed by atoms with E-state index in [2.05, 4.69) is 26.3 Å². The Morgan fingerprint density at radius 1 is 1.52 bits per heavy atom. The maximum atomic E-state index is 11.3. The molecule has 6 nitrogen and oxygen atoms in total. The summed E-state index contributed by atoms with van der Waals surface area (Å²) in [6.45, 7) is 4.44. The van der Waals surface area contributed by atoms with Gasteiger partial charge in [0.25, 0.3) is 0 Å². The highest BCUT2D eigenvalue weighted by atomic mass is 79.9. The molecule has 0 bridgehead atoms. The van der Waals surface area contributed by atoms with E-state index in [1.54, 1.807) is 23.1 Å². The van der Waals surface area contributed by atoms with Crippen LogP contribution >= 0.6 is 27.3 Å². The van der Waals surface area contributed by atoms with E-state index in [1.807, 2.05) is 26.0 Å². The predicted molar refractivity (Wildman–Crippen MR) is 88.2 cm³/mol. The monoisotopic (exact) mass is 372 g/mol. The summed E-state index contributed by atoms with van der Waals surface area (Å²) >= 11 is 5.09. The molecule has 2 rings (SSSR count). The van der Waals surface area contributed by atoms with E-state index in [1.165, 1.54) is 4.88 Å². The van der Waals surface area contributed by atoms with Gasteiger partial charge in [0.05, 0.1) is 8.71 Å². The Morgan fingerprint density at radius 2 is 2.24 bits per heavy atom. The van der Waals surface area contributed by atoms with Gasteiger partial charge < -0.3 is 5.32 Å². The van der Waals surface area contributed by atoms with Crippen LogP contribution in [0.2, 0.25) is 0 Å². The molecule has 2 aromatic rings. The maximum Gasteiger partial charge on any atom is 0.334 e. The van der Waals surface area contributed by atoms with Gasteiger partial charge in [0, 0.05) is 24.4 Å². The molecule has 0 unspecified atom stereocenters. The first-order valence-electron chi connectivity index (χ1n) is 6.59. The van der Waals surface area contributed by atoms with Gasteiger partial charge >= 0.3 is 5.69 Å². The number of rotatable bonds is 6. The number of thiophene rings is 1. The summed E-state index contributed by atoms with van der Waals surface area (Å²) < 4.78 is 2.64. The van der Waals surface area contributed by atoms with Crippen molar-refractivity contribution in [3.05, 3.63) is 36.6 Å². The predicted octanol–water partition coefficient (Wildman–Crippen LogP) is 3.93. The smallest absolute Gasteiger partial charge is 0.334 e. The molecule has 0 saturated carbocycles. The minimum absolute atomic E-state index is 0.0143. The van der Waals surface area contributed by atoms with Crippen LogP contribution in [0.4, 0.5) is 11.5 Å². The standard InChI is InChI=1S/C13H17BrN4O2S/c1-8(2)11-12(18(19)20)13(17(3)16-11)15-7-6-9-4-5-10(14)21-9/h4-5,8,15H,6-7H2,1-3H3. The number of nitrogens with one attached hydrogen (secondary N) is 1. The van der Waals surface area contributed by atoms with E-state index in [0.29, 0.717) is 18.1 Å². The lowest BCUT2D eigenvalue weighted by molar-refractivity contribution is -0.384. The minimum Gasteiger partial charge on any atom is -0.364 e. The van der Waals surface area contributed by atoms with E-state index in [4.69, 9.17) is 0 Å². The fourth-order valence-electron chi connectivity index (χ4n) is 2.09. The van der Waals surface area contributed by atoms with Crippen LogP contribution < -0.4 is 5.32 Å². The summed E-state index contributed by atoms with van der Waals surface area (Å²) in [6, 6.07) is 4.05. The van der Waals surface area contributed by atoms with Crippen molar-refractivity contribution in [3.8, 4) is 0 Å². The molecule has 0 aliphatic carbocycles. The fourth-order valence-corrected chi connectivity index (χ4v) is 3.57. The van der Waals surface area contributed by atoms with Gasteiger partial charge in [-0.25, -0.2) is 4.68 Å². The zero-order valence-electron chi connectivity index (χ0n) is 12.1. The second kappa shape index (κ2) is 6.57. The largest absolute Gasteiger partial charge is 0.364 e. The first-order chi connectivity index (χ1) is 9.90.